The molecule has 0 aromatic heterocycles. The Morgan fingerprint density at radius 1 is 0.810 bits per heavy atom. The first kappa shape index (κ1) is 33.9. The van der Waals surface area contributed by atoms with Crippen molar-refractivity contribution in [2.75, 3.05) is 12.3 Å². The highest BCUT2D eigenvalue weighted by atomic mass is 32.1. The van der Waals surface area contributed by atoms with Crippen LogP contribution in [0.2, 0.25) is 0 Å². The van der Waals surface area contributed by atoms with E-state index >= 15 is 0 Å². The summed E-state index contributed by atoms with van der Waals surface area (Å²) in [5, 5.41) is 23.2. The normalized spacial score (nSPS) is 13.6. The molecule has 13 nitrogen and oxygen atoms in total. The van der Waals surface area contributed by atoms with Crippen molar-refractivity contribution in [3.05, 3.63) is 71.8 Å². The van der Waals surface area contributed by atoms with Gasteiger partial charge in [-0.2, -0.15) is 12.6 Å². The van der Waals surface area contributed by atoms with Gasteiger partial charge in [0.1, 0.15) is 18.6 Å². The van der Waals surface area contributed by atoms with E-state index in [1.54, 1.807) is 60.7 Å². The minimum atomic E-state index is -1.80. The van der Waals surface area contributed by atoms with Gasteiger partial charge in [0.2, 0.25) is 23.6 Å². The number of hydrogen-bond acceptors (Lipinski definition) is 9. The van der Waals surface area contributed by atoms with E-state index in [-0.39, 0.29) is 18.6 Å². The molecule has 4 atom stereocenters. The third-order valence-electron chi connectivity index (χ3n) is 6.20. The number of aliphatic carboxylic acids is 2. The number of rotatable bonds is 16. The molecule has 0 bridgehead atoms. The van der Waals surface area contributed by atoms with Gasteiger partial charge < -0.3 is 32.3 Å². The second-order valence-electron chi connectivity index (χ2n) is 9.45. The van der Waals surface area contributed by atoms with E-state index in [0.29, 0.717) is 16.0 Å². The lowest BCUT2D eigenvalue weighted by Crippen LogP contribution is -2.59. The summed E-state index contributed by atoms with van der Waals surface area (Å²) in [7, 11) is 0. The number of carboxylic acids is 2. The number of nitrogens with one attached hydrogen (secondary N) is 2. The summed E-state index contributed by atoms with van der Waals surface area (Å²) in [6, 6.07) is 11.8. The van der Waals surface area contributed by atoms with Gasteiger partial charge in [0.15, 0.2) is 0 Å². The summed E-state index contributed by atoms with van der Waals surface area (Å²) >= 11 is 3.99. The molecule has 0 saturated heterocycles. The van der Waals surface area contributed by atoms with Gasteiger partial charge in [0, 0.05) is 12.2 Å². The SMILES string of the molecule is N[C@@H](Cc1ccccc1)C(=O)N(C(=O)[C@@H](N)Cc1ccccc1)[C@@H](CCC(=O)N[C@@H](CS)C(=O)NCC(=O)O)C(=O)O. The quantitative estimate of drug-likeness (QED) is 0.120. The van der Waals surface area contributed by atoms with Crippen LogP contribution in [0.25, 0.3) is 0 Å². The van der Waals surface area contributed by atoms with Crippen LogP contribution in [0, 0.1) is 0 Å². The van der Waals surface area contributed by atoms with Crippen LogP contribution in [0.5, 0.6) is 0 Å². The van der Waals surface area contributed by atoms with Crippen LogP contribution in [0.4, 0.5) is 0 Å². The molecule has 14 heteroatoms. The fourth-order valence-electron chi connectivity index (χ4n) is 4.06. The number of carbonyl (C=O) groups excluding carboxylic acids is 4. The van der Waals surface area contributed by atoms with Crippen molar-refractivity contribution in [2.45, 2.75) is 49.9 Å². The number of nitrogens with two attached hydrogens (primary N) is 2. The average molecular weight is 602 g/mol. The topological polar surface area (TPSA) is 222 Å². The lowest BCUT2D eigenvalue weighted by atomic mass is 10.00. The summed E-state index contributed by atoms with van der Waals surface area (Å²) < 4.78 is 0. The number of thiol groups is 1. The highest BCUT2D eigenvalue weighted by Gasteiger charge is 2.39. The number of carbonyl (C=O) groups is 6. The maximum atomic E-state index is 13.5. The van der Waals surface area contributed by atoms with Crippen LogP contribution in [-0.2, 0) is 41.6 Å². The Morgan fingerprint density at radius 2 is 1.29 bits per heavy atom. The van der Waals surface area contributed by atoms with Gasteiger partial charge in [-0.3, -0.25) is 28.9 Å². The number of imide groups is 1. The Balaban J connectivity index is 2.25. The smallest absolute Gasteiger partial charge is 0.326 e. The Kier molecular flexibility index (Phi) is 13.6. The maximum Gasteiger partial charge on any atom is 0.326 e. The van der Waals surface area contributed by atoms with Crippen LogP contribution < -0.4 is 22.1 Å². The predicted octanol–water partition coefficient (Wildman–Crippen LogP) is -0.670. The first-order valence-electron chi connectivity index (χ1n) is 13.0. The zero-order chi connectivity index (χ0) is 31.2. The molecule has 2 aromatic carbocycles. The van der Waals surface area contributed by atoms with Gasteiger partial charge >= 0.3 is 11.9 Å². The number of hydrogen-bond donors (Lipinski definition) is 7. The van der Waals surface area contributed by atoms with Crippen molar-refractivity contribution in [2.24, 2.45) is 11.5 Å². The van der Waals surface area contributed by atoms with E-state index in [1.165, 1.54) is 0 Å². The number of carboxylic acid groups (broad SMARTS) is 2. The average Bonchev–Trinajstić information content (AvgIpc) is 2.96. The molecule has 0 aliphatic heterocycles. The van der Waals surface area contributed by atoms with E-state index in [9.17, 15) is 33.9 Å². The van der Waals surface area contributed by atoms with Gasteiger partial charge in [-0.05, 0) is 30.4 Å². The molecule has 0 unspecified atom stereocenters. The largest absolute Gasteiger partial charge is 0.480 e. The minimum Gasteiger partial charge on any atom is -0.480 e. The summed E-state index contributed by atoms with van der Waals surface area (Å²) in [6.45, 7) is -0.675. The van der Waals surface area contributed by atoms with Crippen molar-refractivity contribution in [3.63, 3.8) is 0 Å². The van der Waals surface area contributed by atoms with Crippen LogP contribution in [0.3, 0.4) is 0 Å². The number of benzene rings is 2. The fraction of sp³-hybridized carbons (Fsp3) is 0.357. The Hall–Kier alpha value is -4.27. The van der Waals surface area contributed by atoms with E-state index in [2.05, 4.69) is 23.3 Å². The van der Waals surface area contributed by atoms with Crippen molar-refractivity contribution >= 4 is 48.2 Å². The molecule has 0 radical (unpaired) electrons. The van der Waals surface area contributed by atoms with E-state index in [0.717, 1.165) is 0 Å². The second-order valence-corrected chi connectivity index (χ2v) is 9.81. The van der Waals surface area contributed by atoms with Gasteiger partial charge in [0.25, 0.3) is 0 Å². The molecule has 226 valence electrons. The lowest BCUT2D eigenvalue weighted by Gasteiger charge is -2.31. The fourth-order valence-corrected chi connectivity index (χ4v) is 4.32. The van der Waals surface area contributed by atoms with Crippen LogP contribution in [0.1, 0.15) is 24.0 Å². The highest BCUT2D eigenvalue weighted by Crippen LogP contribution is 2.16. The number of amides is 4. The highest BCUT2D eigenvalue weighted by molar-refractivity contribution is 7.80. The van der Waals surface area contributed by atoms with Gasteiger partial charge in [-0.1, -0.05) is 60.7 Å². The molecule has 0 spiro atoms. The van der Waals surface area contributed by atoms with Gasteiger partial charge in [0.05, 0.1) is 12.1 Å². The molecular formula is C28H35N5O8S. The van der Waals surface area contributed by atoms with Crippen molar-refractivity contribution in [3.8, 4) is 0 Å². The van der Waals surface area contributed by atoms with Gasteiger partial charge in [-0.15, -0.1) is 0 Å². The third kappa shape index (κ3) is 10.6. The van der Waals surface area contributed by atoms with Crippen LogP contribution in [0.15, 0.2) is 60.7 Å². The van der Waals surface area contributed by atoms with E-state index < -0.39 is 79.1 Å². The first-order chi connectivity index (χ1) is 19.9. The third-order valence-corrected chi connectivity index (χ3v) is 6.56. The molecule has 4 amide bonds. The molecular weight excluding hydrogens is 566 g/mol. The summed E-state index contributed by atoms with van der Waals surface area (Å²) in [5.41, 5.74) is 13.7. The van der Waals surface area contributed by atoms with Crippen molar-refractivity contribution in [1.29, 1.82) is 0 Å². The van der Waals surface area contributed by atoms with Crippen molar-refractivity contribution < 1.29 is 39.0 Å². The molecule has 2 aromatic rings. The maximum absolute atomic E-state index is 13.5. The Bertz CT molecular complexity index is 1190. The molecule has 2 rings (SSSR count). The monoisotopic (exact) mass is 601 g/mol. The minimum absolute atomic E-state index is 0.0132. The first-order valence-corrected chi connectivity index (χ1v) is 13.7. The van der Waals surface area contributed by atoms with Crippen LogP contribution in [-0.4, -0.2) is 87.1 Å². The van der Waals surface area contributed by atoms with Crippen LogP contribution >= 0.6 is 12.6 Å². The van der Waals surface area contributed by atoms with E-state index in [1.807, 2.05) is 0 Å². The zero-order valence-electron chi connectivity index (χ0n) is 22.7. The molecule has 0 aliphatic carbocycles. The molecule has 0 aliphatic rings. The molecule has 0 saturated carbocycles. The molecule has 42 heavy (non-hydrogen) atoms. The number of nitrogens with zero attached hydrogens (tertiary/aromatic N) is 1. The molecule has 0 fully saturated rings. The Labute approximate surface area is 248 Å². The predicted molar refractivity (Wildman–Crippen MR) is 155 cm³/mol. The zero-order valence-corrected chi connectivity index (χ0v) is 23.6. The standard InChI is InChI=1S/C28H35N5O8S/c29-19(13-17-7-3-1-4-8-17)26(38)33(27(39)20(30)14-18-9-5-2-6-10-18)22(28(40)41)11-12-23(34)32-21(16-42)25(37)31-15-24(35)36/h1-10,19-22,42H,11-16,29-30H2,(H,31,37)(H,32,34)(H,35,36)(H,40,41)/t19-,20-,21-,22-/m0/s1. The second kappa shape index (κ2) is 16.9. The lowest BCUT2D eigenvalue weighted by molar-refractivity contribution is -0.159. The Morgan fingerprint density at radius 3 is 1.69 bits per heavy atom. The van der Waals surface area contributed by atoms with Gasteiger partial charge in [-0.25, -0.2) is 4.79 Å². The summed E-state index contributed by atoms with van der Waals surface area (Å²) in [4.78, 5) is 75.4. The summed E-state index contributed by atoms with van der Waals surface area (Å²) in [6.07, 6.45) is -0.990. The molecule has 8 N–H and O–H groups in total. The van der Waals surface area contributed by atoms with E-state index in [4.69, 9.17) is 16.6 Å². The molecule has 0 heterocycles. The van der Waals surface area contributed by atoms with Crippen molar-refractivity contribution in [1.82, 2.24) is 15.5 Å². The summed E-state index contributed by atoms with van der Waals surface area (Å²) in [5.74, 6) is -6.56.